The van der Waals surface area contributed by atoms with Crippen LogP contribution < -0.4 is 10.2 Å². The first-order valence-electron chi connectivity index (χ1n) is 8.98. The summed E-state index contributed by atoms with van der Waals surface area (Å²) < 4.78 is 2.19. The van der Waals surface area contributed by atoms with Gasteiger partial charge in [0.1, 0.15) is 5.82 Å². The van der Waals surface area contributed by atoms with Crippen LogP contribution in [0.15, 0.2) is 62.2 Å². The summed E-state index contributed by atoms with van der Waals surface area (Å²) in [4.78, 5) is 13.9. The van der Waals surface area contributed by atoms with E-state index in [2.05, 4.69) is 40.6 Å². The molecule has 4 nitrogen and oxygen atoms in total. The fourth-order valence-electron chi connectivity index (χ4n) is 2.96. The van der Waals surface area contributed by atoms with Crippen LogP contribution in [0.4, 0.5) is 5.82 Å². The van der Waals surface area contributed by atoms with Crippen LogP contribution in [0.1, 0.15) is 24.2 Å². The van der Waals surface area contributed by atoms with Gasteiger partial charge in [0, 0.05) is 38.1 Å². The molecule has 1 saturated heterocycles. The van der Waals surface area contributed by atoms with E-state index < -0.39 is 0 Å². The zero-order valence-electron chi connectivity index (χ0n) is 16.1. The summed E-state index contributed by atoms with van der Waals surface area (Å²) >= 11 is 0. The van der Waals surface area contributed by atoms with E-state index in [1.165, 1.54) is 0 Å². The Morgan fingerprint density at radius 2 is 1.73 bits per heavy atom. The second-order valence-electron chi connectivity index (χ2n) is 5.68. The highest BCUT2D eigenvalue weighted by atomic mass is 16.1. The van der Waals surface area contributed by atoms with Crippen molar-refractivity contribution in [2.75, 3.05) is 31.1 Å². The number of piperazine rings is 1. The average Bonchev–Trinajstić information content (AvgIpc) is 3.04. The molecule has 3 rings (SSSR count). The zero-order chi connectivity index (χ0) is 19.4. The van der Waals surface area contributed by atoms with Crippen molar-refractivity contribution in [3.05, 3.63) is 67.8 Å². The number of para-hydroxylation sites is 1. The third-order valence-electron chi connectivity index (χ3n) is 4.16. The molecule has 2 aromatic rings. The smallest absolute Gasteiger partial charge is 0.154 e. The number of allylic oxidation sites excluding steroid dienone is 3. The van der Waals surface area contributed by atoms with E-state index in [4.69, 9.17) is 0 Å². The molecule has 1 aliphatic rings. The fraction of sp³-hybridized carbons (Fsp3) is 0.318. The number of aldehydes is 1. The Kier molecular flexibility index (Phi) is 9.80. The van der Waals surface area contributed by atoms with Gasteiger partial charge in [-0.05, 0) is 19.9 Å². The molecule has 1 fully saturated rings. The molecule has 0 spiro atoms. The minimum atomic E-state index is 0.716. The van der Waals surface area contributed by atoms with Crippen LogP contribution >= 0.6 is 0 Å². The Morgan fingerprint density at radius 1 is 1.12 bits per heavy atom. The van der Waals surface area contributed by atoms with Crippen LogP contribution in [0.25, 0.3) is 10.9 Å². The number of carbonyl (C=O) groups excluding carboxylic acids is 1. The van der Waals surface area contributed by atoms with Crippen molar-refractivity contribution in [2.45, 2.75) is 20.4 Å². The number of benzene rings is 1. The summed E-state index contributed by atoms with van der Waals surface area (Å²) in [5.74, 6) is 1.03. The topological polar surface area (TPSA) is 37.3 Å². The first-order chi connectivity index (χ1) is 12.8. The predicted octanol–water partition coefficient (Wildman–Crippen LogP) is 4.43. The Labute approximate surface area is 157 Å². The number of anilines is 1. The molecule has 140 valence electrons. The number of fused-ring (bicyclic) bond motifs is 1. The van der Waals surface area contributed by atoms with E-state index in [-0.39, 0.29) is 0 Å². The molecule has 4 heteroatoms. The number of hydrogen-bond acceptors (Lipinski definition) is 3. The Bertz CT molecular complexity index is 720. The van der Waals surface area contributed by atoms with E-state index >= 15 is 0 Å². The maximum absolute atomic E-state index is 11.6. The molecular formula is C22H31N3O. The minimum absolute atomic E-state index is 0.716. The summed E-state index contributed by atoms with van der Waals surface area (Å²) in [7, 11) is 0. The molecule has 0 aliphatic carbocycles. The van der Waals surface area contributed by atoms with Crippen LogP contribution in [0.3, 0.4) is 0 Å². The van der Waals surface area contributed by atoms with Gasteiger partial charge < -0.3 is 14.8 Å². The van der Waals surface area contributed by atoms with E-state index in [0.717, 1.165) is 54.7 Å². The van der Waals surface area contributed by atoms with Crippen LogP contribution in [0.2, 0.25) is 0 Å². The van der Waals surface area contributed by atoms with Crippen molar-refractivity contribution in [3.8, 4) is 0 Å². The minimum Gasteiger partial charge on any atom is -0.355 e. The van der Waals surface area contributed by atoms with Gasteiger partial charge in [-0.15, -0.1) is 19.7 Å². The maximum atomic E-state index is 11.6. The van der Waals surface area contributed by atoms with E-state index in [1.54, 1.807) is 0 Å². The quantitative estimate of drug-likeness (QED) is 0.652. The van der Waals surface area contributed by atoms with Gasteiger partial charge in [0.2, 0.25) is 0 Å². The lowest BCUT2D eigenvalue weighted by molar-refractivity contribution is 0.112. The number of hydrogen-bond donors (Lipinski definition) is 1. The van der Waals surface area contributed by atoms with Gasteiger partial charge in [0.05, 0.1) is 11.1 Å². The highest BCUT2D eigenvalue weighted by Gasteiger charge is 2.22. The SMILES string of the molecule is C/C=C\C.C=C.C=CCn1c(N2CCNCC2)c(C=O)c2ccccc21. The van der Waals surface area contributed by atoms with Crippen molar-refractivity contribution >= 4 is 23.0 Å². The summed E-state index contributed by atoms with van der Waals surface area (Å²) in [5.41, 5.74) is 1.90. The highest BCUT2D eigenvalue weighted by Crippen LogP contribution is 2.32. The van der Waals surface area contributed by atoms with Crippen molar-refractivity contribution in [1.29, 1.82) is 0 Å². The molecule has 0 radical (unpaired) electrons. The number of aromatic nitrogens is 1. The van der Waals surface area contributed by atoms with Crippen LogP contribution in [0.5, 0.6) is 0 Å². The monoisotopic (exact) mass is 353 g/mol. The fourth-order valence-corrected chi connectivity index (χ4v) is 2.96. The van der Waals surface area contributed by atoms with Crippen molar-refractivity contribution < 1.29 is 4.79 Å². The molecule has 0 atom stereocenters. The van der Waals surface area contributed by atoms with Crippen LogP contribution in [0, 0.1) is 0 Å². The van der Waals surface area contributed by atoms with Crippen molar-refractivity contribution in [1.82, 2.24) is 9.88 Å². The normalized spacial score (nSPS) is 13.5. The van der Waals surface area contributed by atoms with E-state index in [9.17, 15) is 4.79 Å². The average molecular weight is 354 g/mol. The Morgan fingerprint density at radius 3 is 2.27 bits per heavy atom. The lowest BCUT2D eigenvalue weighted by Gasteiger charge is -2.30. The largest absolute Gasteiger partial charge is 0.355 e. The first-order valence-corrected chi connectivity index (χ1v) is 8.98. The second kappa shape index (κ2) is 11.9. The van der Waals surface area contributed by atoms with Gasteiger partial charge in [0.25, 0.3) is 0 Å². The molecule has 1 aromatic heterocycles. The van der Waals surface area contributed by atoms with Crippen LogP contribution in [-0.4, -0.2) is 37.0 Å². The molecule has 1 aromatic carbocycles. The maximum Gasteiger partial charge on any atom is 0.154 e. The van der Waals surface area contributed by atoms with Gasteiger partial charge in [-0.2, -0.15) is 0 Å². The number of nitrogens with one attached hydrogen (secondary N) is 1. The van der Waals surface area contributed by atoms with Crippen molar-refractivity contribution in [3.63, 3.8) is 0 Å². The zero-order valence-corrected chi connectivity index (χ0v) is 16.1. The molecule has 0 bridgehead atoms. The lowest BCUT2D eigenvalue weighted by atomic mass is 10.2. The van der Waals surface area contributed by atoms with Gasteiger partial charge in [-0.25, -0.2) is 0 Å². The second-order valence-corrected chi connectivity index (χ2v) is 5.68. The number of nitrogens with zero attached hydrogens (tertiary/aromatic N) is 2. The number of rotatable bonds is 4. The molecule has 1 N–H and O–H groups in total. The van der Waals surface area contributed by atoms with E-state index in [1.807, 2.05) is 50.3 Å². The summed E-state index contributed by atoms with van der Waals surface area (Å²) in [5, 5.41) is 4.37. The third kappa shape index (κ3) is 4.96. The number of carbonyl (C=O) groups is 1. The molecule has 26 heavy (non-hydrogen) atoms. The standard InChI is InChI=1S/C16H19N3O.C4H8.C2H4/c1-2-9-19-15-6-4-3-5-13(15)14(12-20)16(19)18-10-7-17-8-11-18;1-3-4-2;1-2/h2-6,12,17H,1,7-11H2;3-4H,1-2H3;1-2H2/b;4-3-;. The molecule has 0 saturated carbocycles. The summed E-state index contributed by atoms with van der Waals surface area (Å²) in [6, 6.07) is 8.08. The van der Waals surface area contributed by atoms with Crippen molar-refractivity contribution in [2.24, 2.45) is 0 Å². The van der Waals surface area contributed by atoms with E-state index in [0.29, 0.717) is 6.54 Å². The third-order valence-corrected chi connectivity index (χ3v) is 4.16. The van der Waals surface area contributed by atoms with Gasteiger partial charge >= 0.3 is 0 Å². The summed E-state index contributed by atoms with van der Waals surface area (Å²) in [6.45, 7) is 18.3. The van der Waals surface area contributed by atoms with Gasteiger partial charge in [-0.1, -0.05) is 36.4 Å². The van der Waals surface area contributed by atoms with Crippen LogP contribution in [-0.2, 0) is 6.54 Å². The lowest BCUT2D eigenvalue weighted by Crippen LogP contribution is -2.44. The first kappa shape index (κ1) is 21.5. The molecule has 2 heterocycles. The molecule has 1 aliphatic heterocycles. The Hall–Kier alpha value is -2.59. The predicted molar refractivity (Wildman–Crippen MR) is 114 cm³/mol. The Balaban J connectivity index is 0.000000500. The van der Waals surface area contributed by atoms with Gasteiger partial charge in [-0.3, -0.25) is 4.79 Å². The molecule has 0 unspecified atom stereocenters. The van der Waals surface area contributed by atoms with Gasteiger partial charge in [0.15, 0.2) is 6.29 Å². The molecular weight excluding hydrogens is 322 g/mol. The highest BCUT2D eigenvalue weighted by molar-refractivity contribution is 6.04. The molecule has 0 amide bonds. The summed E-state index contributed by atoms with van der Waals surface area (Å²) in [6.07, 6.45) is 6.87.